The van der Waals surface area contributed by atoms with Crippen molar-refractivity contribution in [1.82, 2.24) is 9.88 Å². The van der Waals surface area contributed by atoms with Crippen molar-refractivity contribution < 1.29 is 13.2 Å². The third-order valence-corrected chi connectivity index (χ3v) is 3.07. The summed E-state index contributed by atoms with van der Waals surface area (Å²) in [5, 5.41) is 0. The summed E-state index contributed by atoms with van der Waals surface area (Å²) in [6.45, 7) is 0.143. The predicted octanol–water partition coefficient (Wildman–Crippen LogP) is -0.220. The van der Waals surface area contributed by atoms with Crippen LogP contribution in [0.1, 0.15) is 10.5 Å². The van der Waals surface area contributed by atoms with Crippen molar-refractivity contribution in [2.24, 2.45) is 0 Å². The Kier molecular flexibility index (Phi) is 4.06. The molecule has 17 heavy (non-hydrogen) atoms. The molecule has 0 aromatic carbocycles. The molecule has 0 atom stereocenters. The Labute approximate surface area is 100 Å². The summed E-state index contributed by atoms with van der Waals surface area (Å²) >= 11 is 0. The maximum absolute atomic E-state index is 11.8. The third-order valence-electron chi connectivity index (χ3n) is 2.15. The number of nitrogens with zero attached hydrogens (tertiary/aromatic N) is 2. The first-order valence-corrected chi connectivity index (χ1v) is 7.00. The molecule has 94 valence electrons. The molecule has 6 nitrogen and oxygen atoms in total. The average molecular weight is 257 g/mol. The molecule has 0 spiro atoms. The normalized spacial score (nSPS) is 11.2. The van der Waals surface area contributed by atoms with Crippen LogP contribution < -0.4 is 5.73 Å². The standard InChI is InChI=1S/C10H15N3O3S/c1-13(5-6-17(2,15)16)10(14)9-4-3-8(11)7-12-9/h3-4,7H,5-6,11H2,1-2H3. The Balaban J connectivity index is 2.67. The van der Waals surface area contributed by atoms with E-state index in [1.807, 2.05) is 0 Å². The number of carbonyl (C=O) groups excluding carboxylic acids is 1. The molecule has 1 aromatic rings. The van der Waals surface area contributed by atoms with Crippen molar-refractivity contribution in [2.45, 2.75) is 0 Å². The van der Waals surface area contributed by atoms with E-state index >= 15 is 0 Å². The Morgan fingerprint density at radius 3 is 2.59 bits per heavy atom. The maximum Gasteiger partial charge on any atom is 0.272 e. The van der Waals surface area contributed by atoms with Gasteiger partial charge in [0.15, 0.2) is 0 Å². The van der Waals surface area contributed by atoms with Gasteiger partial charge in [-0.2, -0.15) is 0 Å². The number of sulfone groups is 1. The molecule has 0 bridgehead atoms. The van der Waals surface area contributed by atoms with Crippen LogP contribution in [-0.2, 0) is 9.84 Å². The third kappa shape index (κ3) is 4.39. The smallest absolute Gasteiger partial charge is 0.272 e. The van der Waals surface area contributed by atoms with Crippen molar-refractivity contribution in [3.05, 3.63) is 24.0 Å². The Morgan fingerprint density at radius 2 is 2.12 bits per heavy atom. The number of carbonyl (C=O) groups is 1. The number of amides is 1. The van der Waals surface area contributed by atoms with Gasteiger partial charge in [-0.1, -0.05) is 0 Å². The lowest BCUT2D eigenvalue weighted by molar-refractivity contribution is 0.0798. The van der Waals surface area contributed by atoms with Crippen LogP contribution in [0.15, 0.2) is 18.3 Å². The fourth-order valence-corrected chi connectivity index (χ4v) is 1.74. The molecular weight excluding hydrogens is 242 g/mol. The number of anilines is 1. The van der Waals surface area contributed by atoms with E-state index in [0.717, 1.165) is 6.26 Å². The first kappa shape index (κ1) is 13.4. The number of nitrogen functional groups attached to an aromatic ring is 1. The van der Waals surface area contributed by atoms with Gasteiger partial charge >= 0.3 is 0 Å². The first-order valence-electron chi connectivity index (χ1n) is 4.94. The maximum atomic E-state index is 11.8. The second kappa shape index (κ2) is 5.13. The Bertz CT molecular complexity index is 496. The summed E-state index contributed by atoms with van der Waals surface area (Å²) in [5.74, 6) is -0.391. The second-order valence-corrected chi connectivity index (χ2v) is 6.09. The number of aromatic nitrogens is 1. The minimum Gasteiger partial charge on any atom is -0.397 e. The van der Waals surface area contributed by atoms with Crippen LogP contribution >= 0.6 is 0 Å². The average Bonchev–Trinajstić information content (AvgIpc) is 2.25. The van der Waals surface area contributed by atoms with Crippen LogP contribution in [0.2, 0.25) is 0 Å². The lowest BCUT2D eigenvalue weighted by Crippen LogP contribution is -2.31. The monoisotopic (exact) mass is 257 g/mol. The van der Waals surface area contributed by atoms with E-state index in [4.69, 9.17) is 5.73 Å². The molecule has 7 heteroatoms. The lowest BCUT2D eigenvalue weighted by Gasteiger charge is -2.15. The van der Waals surface area contributed by atoms with Crippen molar-refractivity contribution >= 4 is 21.4 Å². The molecule has 0 fully saturated rings. The van der Waals surface area contributed by atoms with Crippen LogP contribution in [0.5, 0.6) is 0 Å². The molecule has 0 unspecified atom stereocenters. The largest absolute Gasteiger partial charge is 0.397 e. The van der Waals surface area contributed by atoms with Crippen molar-refractivity contribution in [2.75, 3.05) is 31.3 Å². The van der Waals surface area contributed by atoms with E-state index in [1.54, 1.807) is 6.07 Å². The summed E-state index contributed by atoms with van der Waals surface area (Å²) in [6.07, 6.45) is 2.52. The zero-order valence-corrected chi connectivity index (χ0v) is 10.6. The molecule has 0 saturated carbocycles. The minimum absolute atomic E-state index is 0.0653. The van der Waals surface area contributed by atoms with Crippen LogP contribution in [0, 0.1) is 0 Å². The molecule has 1 heterocycles. The number of rotatable bonds is 4. The zero-order valence-electron chi connectivity index (χ0n) is 9.75. The molecule has 0 aliphatic heterocycles. The number of hydrogen-bond acceptors (Lipinski definition) is 5. The molecule has 1 aromatic heterocycles. The SMILES string of the molecule is CN(CCS(C)(=O)=O)C(=O)c1ccc(N)cn1. The fraction of sp³-hybridized carbons (Fsp3) is 0.400. The van der Waals surface area contributed by atoms with Gasteiger partial charge in [0.25, 0.3) is 5.91 Å². The van der Waals surface area contributed by atoms with Crippen molar-refractivity contribution in [1.29, 1.82) is 0 Å². The molecule has 0 aliphatic rings. The number of hydrogen-bond donors (Lipinski definition) is 1. The van der Waals surface area contributed by atoms with Gasteiger partial charge in [0.05, 0.1) is 17.6 Å². The minimum atomic E-state index is -3.08. The van der Waals surface area contributed by atoms with Gasteiger partial charge in [0, 0.05) is 19.8 Å². The highest BCUT2D eigenvalue weighted by Gasteiger charge is 2.14. The molecule has 0 radical (unpaired) electrons. The first-order chi connectivity index (χ1) is 7.79. The molecule has 1 amide bonds. The highest BCUT2D eigenvalue weighted by atomic mass is 32.2. The van der Waals surface area contributed by atoms with Gasteiger partial charge in [-0.15, -0.1) is 0 Å². The molecule has 0 saturated heterocycles. The van der Waals surface area contributed by atoms with Crippen LogP contribution in [0.4, 0.5) is 5.69 Å². The molecule has 1 rings (SSSR count). The van der Waals surface area contributed by atoms with Gasteiger partial charge < -0.3 is 10.6 Å². The quantitative estimate of drug-likeness (QED) is 0.805. The summed E-state index contributed by atoms with van der Waals surface area (Å²) in [7, 11) is -1.54. The second-order valence-electron chi connectivity index (χ2n) is 3.83. The lowest BCUT2D eigenvalue weighted by atomic mass is 10.3. The van der Waals surface area contributed by atoms with Crippen molar-refractivity contribution in [3.8, 4) is 0 Å². The summed E-state index contributed by atoms with van der Waals surface area (Å²) in [6, 6.07) is 3.08. The van der Waals surface area contributed by atoms with Crippen LogP contribution in [0.25, 0.3) is 0 Å². The predicted molar refractivity (Wildman–Crippen MR) is 65.3 cm³/mol. The summed E-state index contributed by atoms with van der Waals surface area (Å²) in [4.78, 5) is 17.0. The Hall–Kier alpha value is -1.63. The van der Waals surface area contributed by atoms with E-state index in [-0.39, 0.29) is 23.9 Å². The summed E-state index contributed by atoms with van der Waals surface area (Å²) in [5.41, 5.74) is 6.17. The highest BCUT2D eigenvalue weighted by Crippen LogP contribution is 2.04. The zero-order chi connectivity index (χ0) is 13.1. The van der Waals surface area contributed by atoms with Crippen LogP contribution in [0.3, 0.4) is 0 Å². The van der Waals surface area contributed by atoms with Gasteiger partial charge in [-0.25, -0.2) is 13.4 Å². The van der Waals surface area contributed by atoms with Gasteiger partial charge in [0.1, 0.15) is 15.5 Å². The molecule has 2 N–H and O–H groups in total. The van der Waals surface area contributed by atoms with Gasteiger partial charge in [-0.05, 0) is 12.1 Å². The number of nitrogens with two attached hydrogens (primary N) is 1. The Morgan fingerprint density at radius 1 is 1.47 bits per heavy atom. The van der Waals surface area contributed by atoms with Gasteiger partial charge in [0.2, 0.25) is 0 Å². The van der Waals surface area contributed by atoms with E-state index in [9.17, 15) is 13.2 Å². The molecule has 0 aliphatic carbocycles. The van der Waals surface area contributed by atoms with E-state index in [1.165, 1.54) is 24.2 Å². The summed E-state index contributed by atoms with van der Waals surface area (Å²) < 4.78 is 21.9. The van der Waals surface area contributed by atoms with E-state index < -0.39 is 9.84 Å². The van der Waals surface area contributed by atoms with E-state index in [0.29, 0.717) is 5.69 Å². The highest BCUT2D eigenvalue weighted by molar-refractivity contribution is 7.90. The number of pyridine rings is 1. The fourth-order valence-electron chi connectivity index (χ4n) is 1.13. The van der Waals surface area contributed by atoms with Crippen LogP contribution in [-0.4, -0.2) is 49.8 Å². The molecular formula is C10H15N3O3S. The van der Waals surface area contributed by atoms with Crippen molar-refractivity contribution in [3.63, 3.8) is 0 Å². The topological polar surface area (TPSA) is 93.4 Å². The van der Waals surface area contributed by atoms with E-state index in [2.05, 4.69) is 4.98 Å². The van der Waals surface area contributed by atoms with Gasteiger partial charge in [-0.3, -0.25) is 4.79 Å².